The van der Waals surface area contributed by atoms with Crippen molar-refractivity contribution in [2.45, 2.75) is 25.7 Å². The molecule has 2 aromatic heterocycles. The number of carbonyl (C=O) groups excluding carboxylic acids is 1. The number of nitrogens with zero attached hydrogens (tertiary/aromatic N) is 3. The van der Waals surface area contributed by atoms with Gasteiger partial charge in [0.25, 0.3) is 0 Å². The number of aromatic nitrogens is 2. The second-order valence-corrected chi connectivity index (χ2v) is 6.54. The van der Waals surface area contributed by atoms with Gasteiger partial charge in [0, 0.05) is 43.2 Å². The van der Waals surface area contributed by atoms with Crippen LogP contribution in [-0.2, 0) is 6.42 Å². The van der Waals surface area contributed by atoms with Crippen molar-refractivity contribution in [2.24, 2.45) is 0 Å². The number of ketones is 1. The number of piperidine rings is 1. The molecular formula is C17H19BrN4O. The Morgan fingerprint density at radius 3 is 2.78 bits per heavy atom. The largest absolute Gasteiger partial charge is 0.397 e. The van der Waals surface area contributed by atoms with Crippen molar-refractivity contribution in [2.75, 3.05) is 23.7 Å². The molecule has 1 fully saturated rings. The van der Waals surface area contributed by atoms with Crippen LogP contribution < -0.4 is 10.6 Å². The number of pyridine rings is 2. The van der Waals surface area contributed by atoms with Crippen LogP contribution in [0.3, 0.4) is 0 Å². The summed E-state index contributed by atoms with van der Waals surface area (Å²) in [6.07, 6.45) is 7.47. The number of halogens is 1. The van der Waals surface area contributed by atoms with Crippen molar-refractivity contribution < 1.29 is 4.79 Å². The minimum Gasteiger partial charge on any atom is -0.397 e. The van der Waals surface area contributed by atoms with Gasteiger partial charge >= 0.3 is 0 Å². The SMILES string of the molecule is Nc1ccc(Br)nc1C(=O)Cc1cnccc1N1CCCCC1. The van der Waals surface area contributed by atoms with Crippen molar-refractivity contribution >= 4 is 33.1 Å². The number of anilines is 2. The molecule has 0 aliphatic carbocycles. The summed E-state index contributed by atoms with van der Waals surface area (Å²) >= 11 is 3.29. The zero-order chi connectivity index (χ0) is 16.2. The monoisotopic (exact) mass is 374 g/mol. The molecule has 23 heavy (non-hydrogen) atoms. The Hall–Kier alpha value is -1.95. The van der Waals surface area contributed by atoms with Crippen LogP contribution in [0.5, 0.6) is 0 Å². The Labute approximate surface area is 144 Å². The van der Waals surface area contributed by atoms with Crippen LogP contribution >= 0.6 is 15.9 Å². The molecule has 5 nitrogen and oxygen atoms in total. The van der Waals surface area contributed by atoms with Gasteiger partial charge in [0.15, 0.2) is 5.78 Å². The Morgan fingerprint density at radius 2 is 2.00 bits per heavy atom. The molecule has 0 spiro atoms. The predicted molar refractivity (Wildman–Crippen MR) is 94.7 cm³/mol. The van der Waals surface area contributed by atoms with Crippen molar-refractivity contribution in [3.8, 4) is 0 Å². The fraction of sp³-hybridized carbons (Fsp3) is 0.353. The van der Waals surface area contributed by atoms with Crippen LogP contribution in [0.1, 0.15) is 35.3 Å². The van der Waals surface area contributed by atoms with Gasteiger partial charge in [-0.25, -0.2) is 4.98 Å². The predicted octanol–water partition coefficient (Wildman–Crippen LogP) is 3.24. The molecule has 0 radical (unpaired) electrons. The first-order valence-electron chi connectivity index (χ1n) is 7.78. The van der Waals surface area contributed by atoms with E-state index in [0.29, 0.717) is 16.0 Å². The second kappa shape index (κ2) is 7.08. The molecule has 1 saturated heterocycles. The van der Waals surface area contributed by atoms with Gasteiger partial charge in [-0.05, 0) is 53.4 Å². The van der Waals surface area contributed by atoms with Gasteiger partial charge in [0.2, 0.25) is 0 Å². The number of rotatable bonds is 4. The van der Waals surface area contributed by atoms with Crippen molar-refractivity contribution in [3.63, 3.8) is 0 Å². The van der Waals surface area contributed by atoms with Gasteiger partial charge in [0.1, 0.15) is 10.3 Å². The molecule has 0 atom stereocenters. The van der Waals surface area contributed by atoms with E-state index >= 15 is 0 Å². The fourth-order valence-electron chi connectivity index (χ4n) is 2.93. The van der Waals surface area contributed by atoms with Crippen LogP contribution in [0.4, 0.5) is 11.4 Å². The topological polar surface area (TPSA) is 72.1 Å². The van der Waals surface area contributed by atoms with Crippen LogP contribution in [0.2, 0.25) is 0 Å². The van der Waals surface area contributed by atoms with E-state index in [9.17, 15) is 4.79 Å². The molecule has 0 saturated carbocycles. The summed E-state index contributed by atoms with van der Waals surface area (Å²) in [6, 6.07) is 5.42. The van der Waals surface area contributed by atoms with Crippen LogP contribution in [0.15, 0.2) is 35.2 Å². The third-order valence-electron chi connectivity index (χ3n) is 4.08. The maximum Gasteiger partial charge on any atom is 0.187 e. The number of Topliss-reactive ketones (excluding diaryl/α,β-unsaturated/α-hetero) is 1. The highest BCUT2D eigenvalue weighted by molar-refractivity contribution is 9.10. The molecule has 2 N–H and O–H groups in total. The van der Waals surface area contributed by atoms with E-state index in [0.717, 1.165) is 24.3 Å². The molecule has 1 aliphatic heterocycles. The smallest absolute Gasteiger partial charge is 0.187 e. The normalized spacial score (nSPS) is 14.7. The average molecular weight is 375 g/mol. The zero-order valence-corrected chi connectivity index (χ0v) is 14.4. The second-order valence-electron chi connectivity index (χ2n) is 5.72. The van der Waals surface area contributed by atoms with Gasteiger partial charge in [-0.2, -0.15) is 0 Å². The summed E-state index contributed by atoms with van der Waals surface area (Å²) in [6.45, 7) is 2.06. The molecule has 3 rings (SSSR count). The maximum absolute atomic E-state index is 12.6. The Morgan fingerprint density at radius 1 is 1.22 bits per heavy atom. The standard InChI is InChI=1S/C17H19BrN4O/c18-16-5-4-13(19)17(21-16)15(23)10-12-11-20-7-6-14(12)22-8-2-1-3-9-22/h4-7,11H,1-3,8-10,19H2. The molecule has 1 aliphatic rings. The van der Waals surface area contributed by atoms with E-state index in [1.807, 2.05) is 6.07 Å². The molecule has 0 amide bonds. The first-order chi connectivity index (χ1) is 11.1. The third kappa shape index (κ3) is 3.69. The Kier molecular flexibility index (Phi) is 4.91. The lowest BCUT2D eigenvalue weighted by Gasteiger charge is -2.30. The van der Waals surface area contributed by atoms with Gasteiger partial charge in [-0.15, -0.1) is 0 Å². The van der Waals surface area contributed by atoms with E-state index in [4.69, 9.17) is 5.73 Å². The van der Waals surface area contributed by atoms with Gasteiger partial charge in [-0.1, -0.05) is 0 Å². The lowest BCUT2D eigenvalue weighted by Crippen LogP contribution is -2.30. The summed E-state index contributed by atoms with van der Waals surface area (Å²) in [5, 5.41) is 0. The number of hydrogen-bond donors (Lipinski definition) is 1. The molecule has 6 heteroatoms. The van der Waals surface area contributed by atoms with Gasteiger partial charge in [-0.3, -0.25) is 9.78 Å². The lowest BCUT2D eigenvalue weighted by molar-refractivity contribution is 0.0989. The molecule has 0 unspecified atom stereocenters. The van der Waals surface area contributed by atoms with Crippen molar-refractivity contribution in [1.29, 1.82) is 0 Å². The maximum atomic E-state index is 12.6. The van der Waals surface area contributed by atoms with E-state index < -0.39 is 0 Å². The van der Waals surface area contributed by atoms with E-state index in [-0.39, 0.29) is 12.2 Å². The summed E-state index contributed by atoms with van der Waals surface area (Å²) in [4.78, 5) is 23.4. The van der Waals surface area contributed by atoms with Crippen molar-refractivity contribution in [1.82, 2.24) is 9.97 Å². The van der Waals surface area contributed by atoms with Crippen LogP contribution in [0.25, 0.3) is 0 Å². The van der Waals surface area contributed by atoms with E-state index in [1.165, 1.54) is 19.3 Å². The molecule has 0 aromatic carbocycles. The molecule has 2 aromatic rings. The average Bonchev–Trinajstić information content (AvgIpc) is 2.58. The highest BCUT2D eigenvalue weighted by Gasteiger charge is 2.19. The van der Waals surface area contributed by atoms with E-state index in [1.54, 1.807) is 24.5 Å². The Bertz CT molecular complexity index is 713. The van der Waals surface area contributed by atoms with Crippen LogP contribution in [-0.4, -0.2) is 28.8 Å². The summed E-state index contributed by atoms with van der Waals surface area (Å²) in [5.74, 6) is -0.0879. The highest BCUT2D eigenvalue weighted by atomic mass is 79.9. The van der Waals surface area contributed by atoms with Gasteiger partial charge < -0.3 is 10.6 Å². The lowest BCUT2D eigenvalue weighted by atomic mass is 10.0. The minimum absolute atomic E-state index is 0.0879. The molecule has 0 bridgehead atoms. The minimum atomic E-state index is -0.0879. The Balaban J connectivity index is 1.85. The quantitative estimate of drug-likeness (QED) is 0.656. The van der Waals surface area contributed by atoms with Crippen LogP contribution in [0, 0.1) is 0 Å². The van der Waals surface area contributed by atoms with Crippen molar-refractivity contribution in [3.05, 3.63) is 46.5 Å². The van der Waals surface area contributed by atoms with E-state index in [2.05, 4.69) is 30.8 Å². The first kappa shape index (κ1) is 15.9. The number of carbonyl (C=O) groups is 1. The fourth-order valence-corrected chi connectivity index (χ4v) is 3.23. The summed E-state index contributed by atoms with van der Waals surface area (Å²) < 4.78 is 0.609. The third-order valence-corrected chi connectivity index (χ3v) is 4.52. The molecular weight excluding hydrogens is 356 g/mol. The number of nitrogens with two attached hydrogens (primary N) is 1. The summed E-state index contributed by atoms with van der Waals surface area (Å²) in [7, 11) is 0. The summed E-state index contributed by atoms with van der Waals surface area (Å²) in [5.41, 5.74) is 8.64. The molecule has 120 valence electrons. The highest BCUT2D eigenvalue weighted by Crippen LogP contribution is 2.25. The number of nitrogen functional groups attached to an aromatic ring is 1. The van der Waals surface area contributed by atoms with Gasteiger partial charge in [0.05, 0.1) is 5.69 Å². The number of hydrogen-bond acceptors (Lipinski definition) is 5. The zero-order valence-electron chi connectivity index (χ0n) is 12.8. The first-order valence-corrected chi connectivity index (χ1v) is 8.57. The molecule has 3 heterocycles.